The number of benzene rings is 3. The quantitative estimate of drug-likeness (QED) is 0.575. The number of rotatable bonds is 5. The second-order valence-corrected chi connectivity index (χ2v) is 5.06. The molecular weight excluding hydrogens is 296 g/mol. The zero-order chi connectivity index (χ0) is 16.4. The van der Waals surface area contributed by atoms with Crippen LogP contribution < -0.4 is 14.2 Å². The van der Waals surface area contributed by atoms with Crippen molar-refractivity contribution in [2.75, 3.05) is 28.1 Å². The molecule has 0 fully saturated rings. The van der Waals surface area contributed by atoms with Gasteiger partial charge in [-0.25, -0.2) is 0 Å². The van der Waals surface area contributed by atoms with Gasteiger partial charge < -0.3 is 24.1 Å². The number of fused-ring (bicyclic) bond motifs is 2. The summed E-state index contributed by atoms with van der Waals surface area (Å²) < 4.78 is 21.3. The minimum atomic E-state index is 0.0817. The Labute approximate surface area is 134 Å². The van der Waals surface area contributed by atoms with Gasteiger partial charge in [0.25, 0.3) is 0 Å². The average molecular weight is 314 g/mol. The Morgan fingerprint density at radius 1 is 0.913 bits per heavy atom. The van der Waals surface area contributed by atoms with Gasteiger partial charge in [0, 0.05) is 13.2 Å². The maximum absolute atomic E-state index is 10.4. The van der Waals surface area contributed by atoms with Crippen molar-refractivity contribution < 1.29 is 24.1 Å². The fraction of sp³-hybridized carbons (Fsp3) is 0.222. The van der Waals surface area contributed by atoms with Crippen LogP contribution in [-0.4, -0.2) is 33.2 Å². The summed E-state index contributed by atoms with van der Waals surface area (Å²) in [6.07, 6.45) is 0. The number of phenolic OH excluding ortho intramolecular Hbond substituents is 1. The van der Waals surface area contributed by atoms with E-state index in [1.54, 1.807) is 27.4 Å². The van der Waals surface area contributed by atoms with Gasteiger partial charge in [0.05, 0.1) is 25.0 Å². The molecule has 0 aromatic heterocycles. The van der Waals surface area contributed by atoms with Gasteiger partial charge in [0.2, 0.25) is 0 Å². The topological polar surface area (TPSA) is 57.2 Å². The van der Waals surface area contributed by atoms with E-state index in [-0.39, 0.29) is 12.5 Å². The Morgan fingerprint density at radius 3 is 2.43 bits per heavy atom. The standard InChI is InChI=1S/C18H18O5/c1-20-10-23-13-8-12-7-11-5-4-6-15(21-2)17(11)18(22-3)16(12)14(19)9-13/h4-9,19H,10H2,1-3H3. The Morgan fingerprint density at radius 2 is 1.74 bits per heavy atom. The van der Waals surface area contributed by atoms with Crippen LogP contribution in [0.1, 0.15) is 0 Å². The van der Waals surface area contributed by atoms with Crippen LogP contribution in [0.4, 0.5) is 0 Å². The van der Waals surface area contributed by atoms with Gasteiger partial charge in [0.1, 0.15) is 23.0 Å². The maximum Gasteiger partial charge on any atom is 0.188 e. The van der Waals surface area contributed by atoms with Gasteiger partial charge in [-0.2, -0.15) is 0 Å². The van der Waals surface area contributed by atoms with E-state index in [1.165, 1.54) is 0 Å². The molecule has 1 N–H and O–H groups in total. The first-order valence-electron chi connectivity index (χ1n) is 7.11. The summed E-state index contributed by atoms with van der Waals surface area (Å²) >= 11 is 0. The summed E-state index contributed by atoms with van der Waals surface area (Å²) in [5.74, 6) is 1.88. The van der Waals surface area contributed by atoms with E-state index in [2.05, 4.69) is 0 Å². The maximum atomic E-state index is 10.4. The van der Waals surface area contributed by atoms with Crippen LogP contribution in [0, 0.1) is 0 Å². The molecule has 0 spiro atoms. The van der Waals surface area contributed by atoms with Gasteiger partial charge in [-0.15, -0.1) is 0 Å². The highest BCUT2D eigenvalue weighted by atomic mass is 16.7. The zero-order valence-corrected chi connectivity index (χ0v) is 13.3. The second-order valence-electron chi connectivity index (χ2n) is 5.06. The van der Waals surface area contributed by atoms with Crippen LogP contribution >= 0.6 is 0 Å². The highest BCUT2D eigenvalue weighted by Crippen LogP contribution is 2.44. The number of ether oxygens (including phenoxy) is 4. The Hall–Kier alpha value is -2.66. The lowest BCUT2D eigenvalue weighted by molar-refractivity contribution is 0.0511. The summed E-state index contributed by atoms with van der Waals surface area (Å²) in [5, 5.41) is 13.7. The lowest BCUT2D eigenvalue weighted by atomic mass is 10.0. The second kappa shape index (κ2) is 6.22. The molecule has 23 heavy (non-hydrogen) atoms. The number of aromatic hydroxyl groups is 1. The number of hydrogen-bond donors (Lipinski definition) is 1. The highest BCUT2D eigenvalue weighted by molar-refractivity contribution is 6.10. The summed E-state index contributed by atoms with van der Waals surface area (Å²) in [7, 11) is 4.74. The monoisotopic (exact) mass is 314 g/mol. The van der Waals surface area contributed by atoms with E-state index in [4.69, 9.17) is 18.9 Å². The summed E-state index contributed by atoms with van der Waals surface area (Å²) in [6.45, 7) is 0.115. The van der Waals surface area contributed by atoms with Crippen LogP contribution in [0.3, 0.4) is 0 Å². The lowest BCUT2D eigenvalue weighted by Gasteiger charge is -2.15. The van der Waals surface area contributed by atoms with Crippen LogP contribution in [0.25, 0.3) is 21.5 Å². The molecule has 3 rings (SSSR count). The average Bonchev–Trinajstić information content (AvgIpc) is 2.57. The molecular formula is C18H18O5. The molecule has 0 heterocycles. The van der Waals surface area contributed by atoms with E-state index in [0.29, 0.717) is 22.6 Å². The van der Waals surface area contributed by atoms with Crippen molar-refractivity contribution >= 4 is 21.5 Å². The molecule has 3 aromatic carbocycles. The van der Waals surface area contributed by atoms with Gasteiger partial charge in [-0.3, -0.25) is 0 Å². The SMILES string of the molecule is COCOc1cc(O)c2c(OC)c3c(OC)cccc3cc2c1. The molecule has 3 aromatic rings. The molecule has 0 aliphatic rings. The van der Waals surface area contributed by atoms with E-state index >= 15 is 0 Å². The van der Waals surface area contributed by atoms with Crippen LogP contribution in [-0.2, 0) is 4.74 Å². The largest absolute Gasteiger partial charge is 0.507 e. The minimum absolute atomic E-state index is 0.0817. The van der Waals surface area contributed by atoms with E-state index in [1.807, 2.05) is 30.3 Å². The Balaban J connectivity index is 2.35. The van der Waals surface area contributed by atoms with Crippen molar-refractivity contribution in [3.05, 3.63) is 36.4 Å². The van der Waals surface area contributed by atoms with Gasteiger partial charge in [-0.1, -0.05) is 12.1 Å². The Kier molecular flexibility index (Phi) is 4.12. The predicted molar refractivity (Wildman–Crippen MR) is 88.7 cm³/mol. The predicted octanol–water partition coefficient (Wildman–Crippen LogP) is 3.70. The zero-order valence-electron chi connectivity index (χ0n) is 13.3. The van der Waals surface area contributed by atoms with Crippen LogP contribution in [0.5, 0.6) is 23.0 Å². The Bertz CT molecular complexity index is 857. The summed E-state index contributed by atoms with van der Waals surface area (Å²) in [6, 6.07) is 11.1. The van der Waals surface area contributed by atoms with Crippen molar-refractivity contribution in [3.63, 3.8) is 0 Å². The van der Waals surface area contributed by atoms with E-state index in [9.17, 15) is 5.11 Å². The molecule has 0 unspecified atom stereocenters. The normalized spacial score (nSPS) is 10.9. The summed E-state index contributed by atoms with van der Waals surface area (Å²) in [5.41, 5.74) is 0. The van der Waals surface area contributed by atoms with Crippen molar-refractivity contribution in [1.29, 1.82) is 0 Å². The molecule has 0 saturated heterocycles. The van der Waals surface area contributed by atoms with Crippen molar-refractivity contribution in [3.8, 4) is 23.0 Å². The smallest absolute Gasteiger partial charge is 0.188 e. The number of hydrogen-bond acceptors (Lipinski definition) is 5. The number of phenols is 1. The van der Waals surface area contributed by atoms with Crippen molar-refractivity contribution in [2.24, 2.45) is 0 Å². The molecule has 5 nitrogen and oxygen atoms in total. The first-order chi connectivity index (χ1) is 11.2. The third-order valence-corrected chi connectivity index (χ3v) is 3.71. The summed E-state index contributed by atoms with van der Waals surface area (Å²) in [4.78, 5) is 0. The van der Waals surface area contributed by atoms with Gasteiger partial charge in [0.15, 0.2) is 6.79 Å². The molecule has 0 saturated carbocycles. The van der Waals surface area contributed by atoms with Gasteiger partial charge >= 0.3 is 0 Å². The molecule has 5 heteroatoms. The van der Waals surface area contributed by atoms with Crippen molar-refractivity contribution in [1.82, 2.24) is 0 Å². The first kappa shape index (κ1) is 15.2. The molecule has 0 radical (unpaired) electrons. The fourth-order valence-corrected chi connectivity index (χ4v) is 2.77. The molecule has 0 aliphatic heterocycles. The fourth-order valence-electron chi connectivity index (χ4n) is 2.77. The van der Waals surface area contributed by atoms with Gasteiger partial charge in [-0.05, 0) is 29.0 Å². The molecule has 0 atom stereocenters. The number of methoxy groups -OCH3 is 3. The third kappa shape index (κ3) is 2.59. The molecule has 0 aliphatic carbocycles. The molecule has 120 valence electrons. The van der Waals surface area contributed by atoms with Crippen LogP contribution in [0.15, 0.2) is 36.4 Å². The van der Waals surface area contributed by atoms with E-state index < -0.39 is 0 Å². The minimum Gasteiger partial charge on any atom is -0.507 e. The molecule has 0 bridgehead atoms. The first-order valence-corrected chi connectivity index (χ1v) is 7.11. The molecule has 0 amide bonds. The van der Waals surface area contributed by atoms with Crippen LogP contribution in [0.2, 0.25) is 0 Å². The lowest BCUT2D eigenvalue weighted by Crippen LogP contribution is -1.99. The van der Waals surface area contributed by atoms with Crippen molar-refractivity contribution in [2.45, 2.75) is 0 Å². The highest BCUT2D eigenvalue weighted by Gasteiger charge is 2.16. The van der Waals surface area contributed by atoms with E-state index in [0.717, 1.165) is 16.2 Å². The third-order valence-electron chi connectivity index (χ3n) is 3.71.